The van der Waals surface area contributed by atoms with Gasteiger partial charge in [-0.1, -0.05) is 0 Å². The Kier molecular flexibility index (Phi) is 6.37. The molecule has 0 saturated carbocycles. The third-order valence-corrected chi connectivity index (χ3v) is 5.52. The van der Waals surface area contributed by atoms with E-state index in [0.717, 1.165) is 12.3 Å². The molecule has 0 saturated heterocycles. The third-order valence-electron chi connectivity index (χ3n) is 3.73. The molecule has 1 aromatic heterocycles. The van der Waals surface area contributed by atoms with Crippen molar-refractivity contribution in [2.75, 3.05) is 11.6 Å². The zero-order valence-electron chi connectivity index (χ0n) is 16.4. The third kappa shape index (κ3) is 5.55. The minimum Gasteiger partial charge on any atom is -0.491 e. The van der Waals surface area contributed by atoms with Gasteiger partial charge in [-0.25, -0.2) is 17.8 Å². The topological polar surface area (TPSA) is 94.6 Å². The number of sulfone groups is 1. The number of halogens is 1. The van der Waals surface area contributed by atoms with Crippen LogP contribution in [0.1, 0.15) is 24.2 Å². The average Bonchev–Trinajstić information content (AvgIpc) is 3.14. The number of anilines is 1. The number of nitrogens with one attached hydrogen (secondary N) is 1. The van der Waals surface area contributed by atoms with Crippen LogP contribution in [0.25, 0.3) is 0 Å². The van der Waals surface area contributed by atoms with Crippen LogP contribution in [0.3, 0.4) is 0 Å². The van der Waals surface area contributed by atoms with Crippen molar-refractivity contribution in [3.8, 4) is 17.2 Å². The van der Waals surface area contributed by atoms with Crippen LogP contribution in [0.4, 0.5) is 9.52 Å². The molecule has 3 aromatic rings. The number of hydrogen-bond acceptors (Lipinski definition) is 7. The Balaban J connectivity index is 1.92. The number of carbonyl (C=O) groups is 1. The summed E-state index contributed by atoms with van der Waals surface area (Å²) in [6, 6.07) is 7.84. The van der Waals surface area contributed by atoms with Crippen molar-refractivity contribution in [2.24, 2.45) is 0 Å². The molecule has 7 nitrogen and oxygen atoms in total. The van der Waals surface area contributed by atoms with E-state index < -0.39 is 21.6 Å². The lowest BCUT2D eigenvalue weighted by molar-refractivity contribution is 0.102. The molecule has 1 N–H and O–H groups in total. The summed E-state index contributed by atoms with van der Waals surface area (Å²) in [5.74, 6) is -0.947. The van der Waals surface area contributed by atoms with Crippen LogP contribution in [0, 0.1) is 5.82 Å². The lowest BCUT2D eigenvalue weighted by atomic mass is 10.2. The van der Waals surface area contributed by atoms with Crippen molar-refractivity contribution in [1.29, 1.82) is 0 Å². The average molecular weight is 451 g/mol. The molecule has 0 unspecified atom stereocenters. The Morgan fingerprint density at radius 1 is 1.17 bits per heavy atom. The predicted octanol–water partition coefficient (Wildman–Crippen LogP) is 4.52. The fourth-order valence-electron chi connectivity index (χ4n) is 2.48. The van der Waals surface area contributed by atoms with Gasteiger partial charge in [-0.05, 0) is 44.2 Å². The van der Waals surface area contributed by atoms with Crippen molar-refractivity contribution >= 4 is 32.2 Å². The highest BCUT2D eigenvalue weighted by atomic mass is 32.2. The minimum absolute atomic E-state index is 0.156. The van der Waals surface area contributed by atoms with Crippen LogP contribution in [-0.2, 0) is 9.84 Å². The molecular weight excluding hydrogens is 431 g/mol. The molecule has 1 heterocycles. The van der Waals surface area contributed by atoms with Gasteiger partial charge in [0.1, 0.15) is 11.5 Å². The molecule has 158 valence electrons. The van der Waals surface area contributed by atoms with E-state index in [2.05, 4.69) is 10.3 Å². The Labute approximate surface area is 177 Å². The normalized spacial score (nSPS) is 11.4. The van der Waals surface area contributed by atoms with Gasteiger partial charge in [0.15, 0.2) is 26.5 Å². The van der Waals surface area contributed by atoms with E-state index in [1.165, 1.54) is 35.6 Å². The van der Waals surface area contributed by atoms with Gasteiger partial charge in [0.2, 0.25) is 0 Å². The van der Waals surface area contributed by atoms with Crippen LogP contribution in [0.2, 0.25) is 0 Å². The molecular formula is C20H19FN2O5S2. The van der Waals surface area contributed by atoms with Gasteiger partial charge in [0, 0.05) is 29.5 Å². The van der Waals surface area contributed by atoms with Gasteiger partial charge in [0.05, 0.1) is 11.0 Å². The zero-order valence-corrected chi connectivity index (χ0v) is 18.0. The second-order valence-corrected chi connectivity index (χ2v) is 9.53. The molecule has 0 spiro atoms. The number of ether oxygens (including phenoxy) is 2. The predicted molar refractivity (Wildman–Crippen MR) is 112 cm³/mol. The Morgan fingerprint density at radius 3 is 2.50 bits per heavy atom. The fraction of sp³-hybridized carbons (Fsp3) is 0.200. The highest BCUT2D eigenvalue weighted by Gasteiger charge is 2.16. The standard InChI is InChI=1S/C20H19FN2O5S2/c1-12(2)27-14-8-13(19(24)23-20-22-6-7-29-20)9-15(10-14)28-18-5-4-16(11-17(18)21)30(3,25)26/h4-12H,1-3H3,(H,22,23,24). The number of thiazole rings is 1. The van der Waals surface area contributed by atoms with Crippen LogP contribution in [0.5, 0.6) is 17.2 Å². The molecule has 0 radical (unpaired) electrons. The van der Waals surface area contributed by atoms with E-state index in [1.54, 1.807) is 17.6 Å². The first kappa shape index (κ1) is 21.7. The maximum atomic E-state index is 14.4. The molecule has 0 aliphatic heterocycles. The molecule has 0 aliphatic carbocycles. The van der Waals surface area contributed by atoms with Crippen molar-refractivity contribution < 1.29 is 27.1 Å². The number of nitrogens with zero attached hydrogens (tertiary/aromatic N) is 1. The summed E-state index contributed by atoms with van der Waals surface area (Å²) in [6.45, 7) is 3.65. The number of benzene rings is 2. The highest BCUT2D eigenvalue weighted by molar-refractivity contribution is 7.90. The fourth-order valence-corrected chi connectivity index (χ4v) is 3.64. The summed E-state index contributed by atoms with van der Waals surface area (Å²) < 4.78 is 48.8. The minimum atomic E-state index is -3.55. The Bertz CT molecular complexity index is 1160. The molecule has 3 rings (SSSR count). The monoisotopic (exact) mass is 450 g/mol. The van der Waals surface area contributed by atoms with Crippen LogP contribution < -0.4 is 14.8 Å². The highest BCUT2D eigenvalue weighted by Crippen LogP contribution is 2.31. The Morgan fingerprint density at radius 2 is 1.90 bits per heavy atom. The lowest BCUT2D eigenvalue weighted by Gasteiger charge is -2.14. The molecule has 2 aromatic carbocycles. The summed E-state index contributed by atoms with van der Waals surface area (Å²) in [6.07, 6.45) is 2.39. The zero-order chi connectivity index (χ0) is 21.9. The first-order valence-electron chi connectivity index (χ1n) is 8.82. The maximum Gasteiger partial charge on any atom is 0.257 e. The lowest BCUT2D eigenvalue weighted by Crippen LogP contribution is -2.13. The van der Waals surface area contributed by atoms with Gasteiger partial charge >= 0.3 is 0 Å². The van der Waals surface area contributed by atoms with E-state index >= 15 is 0 Å². The van der Waals surface area contributed by atoms with Gasteiger partial charge in [0.25, 0.3) is 5.91 Å². The van der Waals surface area contributed by atoms with Crippen LogP contribution in [0.15, 0.2) is 52.9 Å². The van der Waals surface area contributed by atoms with Gasteiger partial charge in [-0.2, -0.15) is 0 Å². The molecule has 1 amide bonds. The molecule has 0 aliphatic rings. The van der Waals surface area contributed by atoms with Crippen molar-refractivity contribution in [3.63, 3.8) is 0 Å². The maximum absolute atomic E-state index is 14.4. The molecule has 10 heteroatoms. The number of aromatic nitrogens is 1. The van der Waals surface area contributed by atoms with Crippen molar-refractivity contribution in [2.45, 2.75) is 24.8 Å². The van der Waals surface area contributed by atoms with E-state index in [1.807, 2.05) is 13.8 Å². The number of rotatable bonds is 7. The smallest absolute Gasteiger partial charge is 0.257 e. The summed E-state index contributed by atoms with van der Waals surface area (Å²) in [5.41, 5.74) is 0.228. The van der Waals surface area contributed by atoms with Crippen LogP contribution in [-0.4, -0.2) is 31.7 Å². The van der Waals surface area contributed by atoms with Crippen molar-refractivity contribution in [1.82, 2.24) is 4.98 Å². The second kappa shape index (κ2) is 8.80. The summed E-state index contributed by atoms with van der Waals surface area (Å²) >= 11 is 1.27. The molecule has 0 atom stereocenters. The summed E-state index contributed by atoms with van der Waals surface area (Å²) in [4.78, 5) is 16.4. The first-order chi connectivity index (χ1) is 14.1. The summed E-state index contributed by atoms with van der Waals surface area (Å²) in [5, 5.41) is 4.82. The van der Waals surface area contributed by atoms with E-state index in [-0.39, 0.29) is 28.1 Å². The van der Waals surface area contributed by atoms with Crippen LogP contribution >= 0.6 is 11.3 Å². The molecule has 30 heavy (non-hydrogen) atoms. The SMILES string of the molecule is CC(C)Oc1cc(Oc2ccc(S(C)(=O)=O)cc2F)cc(C(=O)Nc2nccs2)c1. The quantitative estimate of drug-likeness (QED) is 0.569. The van der Waals surface area contributed by atoms with Gasteiger partial charge < -0.3 is 9.47 Å². The molecule has 0 bridgehead atoms. The summed E-state index contributed by atoms with van der Waals surface area (Å²) in [7, 11) is -3.55. The van der Waals surface area contributed by atoms with E-state index in [0.29, 0.717) is 10.9 Å². The second-order valence-electron chi connectivity index (χ2n) is 6.62. The van der Waals surface area contributed by atoms with Gasteiger partial charge in [-0.15, -0.1) is 11.3 Å². The number of carbonyl (C=O) groups excluding carboxylic acids is 1. The van der Waals surface area contributed by atoms with Gasteiger partial charge in [-0.3, -0.25) is 10.1 Å². The first-order valence-corrected chi connectivity index (χ1v) is 11.6. The molecule has 0 fully saturated rings. The number of amides is 1. The number of hydrogen-bond donors (Lipinski definition) is 1. The largest absolute Gasteiger partial charge is 0.491 e. The van der Waals surface area contributed by atoms with Crippen molar-refractivity contribution in [3.05, 3.63) is 59.4 Å². The van der Waals surface area contributed by atoms with E-state index in [4.69, 9.17) is 9.47 Å². The van der Waals surface area contributed by atoms with E-state index in [9.17, 15) is 17.6 Å². The Hall–Kier alpha value is -2.98.